The van der Waals surface area contributed by atoms with Crippen molar-refractivity contribution in [2.45, 2.75) is 219 Å². The first-order chi connectivity index (χ1) is 23.8. The molecule has 3 N–H and O–H groups in total. The average Bonchev–Trinajstić information content (AvgIpc) is 3.06. The molecule has 0 aromatic heterocycles. The van der Waals surface area contributed by atoms with Crippen LogP contribution in [0.4, 0.5) is 0 Å². The van der Waals surface area contributed by atoms with Crippen LogP contribution in [-0.4, -0.2) is 41.9 Å². The molecule has 0 aromatic rings. The third-order valence-corrected chi connectivity index (χ3v) is 10.1. The van der Waals surface area contributed by atoms with E-state index < -0.39 is 28.0 Å². The van der Waals surface area contributed by atoms with Gasteiger partial charge in [0.1, 0.15) is 0 Å². The molecular weight excluding hydrogens is 631 g/mol. The molecule has 1 amide bonds. The molecule has 0 rings (SSSR count). The summed E-state index contributed by atoms with van der Waals surface area (Å²) in [6, 6.07) is -0.977. The molecule has 0 aromatic carbocycles. The SMILES string of the molecule is CCCCCCC/C=C\C/C=C\C/C=C\CCCCCCCCC(=O)NC(CS(=O)(=O)O)C(O)CCCCCCCCCCCCCCC. The fourth-order valence-electron chi connectivity index (χ4n) is 6.23. The molecule has 0 heterocycles. The van der Waals surface area contributed by atoms with Gasteiger partial charge in [0.2, 0.25) is 5.91 Å². The number of nitrogens with one attached hydrogen (secondary N) is 1. The number of hydrogen-bond acceptors (Lipinski definition) is 4. The summed E-state index contributed by atoms with van der Waals surface area (Å²) >= 11 is 0. The molecular formula is C42H79NO5S. The van der Waals surface area contributed by atoms with Crippen LogP contribution in [0.2, 0.25) is 0 Å². The molecule has 0 aliphatic rings. The van der Waals surface area contributed by atoms with Crippen LogP contribution in [0.3, 0.4) is 0 Å². The van der Waals surface area contributed by atoms with E-state index in [1.807, 2.05) is 0 Å². The minimum absolute atomic E-state index is 0.258. The van der Waals surface area contributed by atoms with E-state index in [-0.39, 0.29) is 5.91 Å². The monoisotopic (exact) mass is 710 g/mol. The lowest BCUT2D eigenvalue weighted by Gasteiger charge is -2.23. The number of aliphatic hydroxyl groups is 1. The molecule has 49 heavy (non-hydrogen) atoms. The van der Waals surface area contributed by atoms with Crippen molar-refractivity contribution < 1.29 is 22.9 Å². The second kappa shape index (κ2) is 36.4. The number of aliphatic hydroxyl groups excluding tert-OH is 1. The number of unbranched alkanes of at least 4 members (excludes halogenated alkanes) is 23. The van der Waals surface area contributed by atoms with Gasteiger partial charge in [-0.15, -0.1) is 0 Å². The Labute approximate surface area is 304 Å². The summed E-state index contributed by atoms with van der Waals surface area (Å²) in [7, 11) is -4.31. The normalized spacial score (nSPS) is 13.6. The summed E-state index contributed by atoms with van der Waals surface area (Å²) in [5.41, 5.74) is 0. The van der Waals surface area contributed by atoms with Crippen LogP contribution in [-0.2, 0) is 14.9 Å². The van der Waals surface area contributed by atoms with Gasteiger partial charge in [-0.25, -0.2) is 0 Å². The third kappa shape index (κ3) is 37.6. The number of rotatable bonds is 37. The topological polar surface area (TPSA) is 104 Å². The van der Waals surface area contributed by atoms with E-state index in [1.165, 1.54) is 116 Å². The van der Waals surface area contributed by atoms with Gasteiger partial charge in [-0.05, 0) is 51.4 Å². The van der Waals surface area contributed by atoms with Crippen molar-refractivity contribution in [3.8, 4) is 0 Å². The van der Waals surface area contributed by atoms with Gasteiger partial charge in [-0.2, -0.15) is 8.42 Å². The summed E-state index contributed by atoms with van der Waals surface area (Å²) in [5.74, 6) is -0.911. The highest BCUT2D eigenvalue weighted by Gasteiger charge is 2.26. The first-order valence-corrected chi connectivity index (χ1v) is 22.3. The predicted octanol–water partition coefficient (Wildman–Crippen LogP) is 12.1. The number of carbonyl (C=O) groups excluding carboxylic acids is 1. The number of hydrogen-bond donors (Lipinski definition) is 3. The van der Waals surface area contributed by atoms with Gasteiger partial charge < -0.3 is 10.4 Å². The Bertz CT molecular complexity index is 914. The van der Waals surface area contributed by atoms with Crippen molar-refractivity contribution in [3.63, 3.8) is 0 Å². The lowest BCUT2D eigenvalue weighted by Crippen LogP contribution is -2.47. The van der Waals surface area contributed by atoms with Crippen LogP contribution in [0.5, 0.6) is 0 Å². The van der Waals surface area contributed by atoms with Crippen LogP contribution in [0.25, 0.3) is 0 Å². The molecule has 0 spiro atoms. The predicted molar refractivity (Wildman–Crippen MR) is 212 cm³/mol. The second-order valence-electron chi connectivity index (χ2n) is 14.3. The molecule has 0 aliphatic heterocycles. The van der Waals surface area contributed by atoms with Gasteiger partial charge in [0.05, 0.1) is 17.9 Å². The Kier molecular flexibility index (Phi) is 35.3. The number of amides is 1. The minimum Gasteiger partial charge on any atom is -0.391 e. The molecule has 0 saturated heterocycles. The molecule has 0 saturated carbocycles. The van der Waals surface area contributed by atoms with E-state index in [1.54, 1.807) is 0 Å². The third-order valence-electron chi connectivity index (χ3n) is 9.35. The standard InChI is InChI=1S/C42H79NO5S/c1-3-5-7-9-11-13-15-17-18-19-20-21-22-23-24-26-28-30-32-34-36-38-42(45)43-40(39-49(46,47)48)41(44)37-35-33-31-29-27-25-16-14-12-10-8-6-4-2/h15,17,19-20,22-23,40-41,44H,3-14,16,18,21,24-39H2,1-2H3,(H,43,45)(H,46,47,48)/b17-15-,20-19-,23-22-. The van der Waals surface area contributed by atoms with Crippen molar-refractivity contribution >= 4 is 16.0 Å². The summed E-state index contributed by atoms with van der Waals surface area (Å²) in [4.78, 5) is 12.5. The van der Waals surface area contributed by atoms with Gasteiger partial charge in [0.25, 0.3) is 10.1 Å². The molecule has 0 radical (unpaired) electrons. The van der Waals surface area contributed by atoms with Gasteiger partial charge >= 0.3 is 0 Å². The first kappa shape index (κ1) is 47.6. The smallest absolute Gasteiger partial charge is 0.266 e. The lowest BCUT2D eigenvalue weighted by atomic mass is 10.0. The van der Waals surface area contributed by atoms with Crippen molar-refractivity contribution in [1.29, 1.82) is 0 Å². The number of carbonyl (C=O) groups is 1. The molecule has 0 aliphatic carbocycles. The molecule has 0 bridgehead atoms. The van der Waals surface area contributed by atoms with Crippen molar-refractivity contribution in [2.75, 3.05) is 5.75 Å². The van der Waals surface area contributed by atoms with Crippen LogP contribution in [0.1, 0.15) is 206 Å². The molecule has 288 valence electrons. The Morgan fingerprint density at radius 3 is 1.35 bits per heavy atom. The second-order valence-corrected chi connectivity index (χ2v) is 15.8. The van der Waals surface area contributed by atoms with Gasteiger partial charge in [0, 0.05) is 6.42 Å². The maximum atomic E-state index is 12.5. The van der Waals surface area contributed by atoms with Crippen molar-refractivity contribution in [3.05, 3.63) is 36.5 Å². The summed E-state index contributed by atoms with van der Waals surface area (Å²) in [6.07, 6.45) is 46.6. The Morgan fingerprint density at radius 2 is 0.918 bits per heavy atom. The van der Waals surface area contributed by atoms with Gasteiger partial charge in [-0.3, -0.25) is 9.35 Å². The summed E-state index contributed by atoms with van der Waals surface area (Å²) < 4.78 is 32.5. The van der Waals surface area contributed by atoms with Gasteiger partial charge in [-0.1, -0.05) is 185 Å². The van der Waals surface area contributed by atoms with Crippen molar-refractivity contribution in [2.24, 2.45) is 0 Å². The van der Waals surface area contributed by atoms with E-state index >= 15 is 0 Å². The zero-order chi connectivity index (χ0) is 36.1. The first-order valence-electron chi connectivity index (χ1n) is 20.7. The quantitative estimate of drug-likeness (QED) is 0.0338. The molecule has 0 fully saturated rings. The zero-order valence-corrected chi connectivity index (χ0v) is 32.9. The van der Waals surface area contributed by atoms with Gasteiger partial charge in [0.15, 0.2) is 0 Å². The molecule has 2 atom stereocenters. The fraction of sp³-hybridized carbons (Fsp3) is 0.833. The molecule has 2 unspecified atom stereocenters. The van der Waals surface area contributed by atoms with E-state index in [0.717, 1.165) is 64.2 Å². The van der Waals surface area contributed by atoms with Crippen LogP contribution in [0.15, 0.2) is 36.5 Å². The highest BCUT2D eigenvalue weighted by Crippen LogP contribution is 2.15. The van der Waals surface area contributed by atoms with E-state index in [4.69, 9.17) is 0 Å². The molecule has 7 heteroatoms. The average molecular weight is 710 g/mol. The van der Waals surface area contributed by atoms with E-state index in [9.17, 15) is 22.9 Å². The van der Waals surface area contributed by atoms with Crippen molar-refractivity contribution in [1.82, 2.24) is 5.32 Å². The van der Waals surface area contributed by atoms with Crippen LogP contribution in [0, 0.1) is 0 Å². The van der Waals surface area contributed by atoms with Crippen LogP contribution < -0.4 is 5.32 Å². The Hall–Kier alpha value is -1.44. The highest BCUT2D eigenvalue weighted by atomic mass is 32.2. The Morgan fingerprint density at radius 1 is 0.551 bits per heavy atom. The highest BCUT2D eigenvalue weighted by molar-refractivity contribution is 7.85. The summed E-state index contributed by atoms with van der Waals surface area (Å²) in [5, 5.41) is 13.3. The largest absolute Gasteiger partial charge is 0.391 e. The minimum atomic E-state index is -4.31. The van der Waals surface area contributed by atoms with Crippen LogP contribution >= 0.6 is 0 Å². The maximum absolute atomic E-state index is 12.5. The van der Waals surface area contributed by atoms with E-state index in [2.05, 4.69) is 55.6 Å². The fourth-order valence-corrected chi connectivity index (χ4v) is 6.98. The van der Waals surface area contributed by atoms with E-state index in [0.29, 0.717) is 12.8 Å². The lowest BCUT2D eigenvalue weighted by molar-refractivity contribution is -0.122. The maximum Gasteiger partial charge on any atom is 0.266 e. The Balaban J connectivity index is 3.89. The molecule has 6 nitrogen and oxygen atoms in total. The number of allylic oxidation sites excluding steroid dienone is 6. The zero-order valence-electron chi connectivity index (χ0n) is 32.1. The summed E-state index contributed by atoms with van der Waals surface area (Å²) in [6.45, 7) is 4.50.